The van der Waals surface area contributed by atoms with E-state index in [4.69, 9.17) is 4.74 Å². The Balaban J connectivity index is 1.73. The number of benzene rings is 1. The maximum Gasteiger partial charge on any atom is 0.407 e. The lowest BCUT2D eigenvalue weighted by molar-refractivity contribution is -0.136. The van der Waals surface area contributed by atoms with Gasteiger partial charge < -0.3 is 25.6 Å². The van der Waals surface area contributed by atoms with E-state index in [0.717, 1.165) is 30.0 Å². The summed E-state index contributed by atoms with van der Waals surface area (Å²) < 4.78 is 33.3. The molecule has 1 saturated heterocycles. The van der Waals surface area contributed by atoms with E-state index in [-0.39, 0.29) is 24.6 Å². The van der Waals surface area contributed by atoms with Crippen molar-refractivity contribution in [2.24, 2.45) is 0 Å². The molecule has 2 aliphatic heterocycles. The molecule has 1 aromatic rings. The van der Waals surface area contributed by atoms with E-state index in [2.05, 4.69) is 16.0 Å². The molecule has 2 atom stereocenters. The lowest BCUT2D eigenvalue weighted by Gasteiger charge is -2.37. The maximum absolute atomic E-state index is 13.5. The third-order valence-electron chi connectivity index (χ3n) is 7.06. The highest BCUT2D eigenvalue weighted by Gasteiger charge is 2.41. The van der Waals surface area contributed by atoms with Crippen molar-refractivity contribution >= 4 is 45.2 Å². The van der Waals surface area contributed by atoms with Crippen LogP contribution < -0.4 is 20.3 Å². The second-order valence-corrected chi connectivity index (χ2v) is 13.7. The van der Waals surface area contributed by atoms with Crippen molar-refractivity contribution < 1.29 is 32.3 Å². The van der Waals surface area contributed by atoms with Gasteiger partial charge in [-0.3, -0.25) is 18.7 Å². The number of anilines is 2. The average molecular weight is 608 g/mol. The third kappa shape index (κ3) is 9.33. The molecule has 13 heteroatoms. The van der Waals surface area contributed by atoms with Crippen LogP contribution in [0.15, 0.2) is 24.3 Å². The second-order valence-electron chi connectivity index (χ2n) is 11.8. The molecule has 42 heavy (non-hydrogen) atoms. The number of unbranched alkanes of at least 4 members (excludes halogenated alkanes) is 2. The molecule has 1 aromatic carbocycles. The smallest absolute Gasteiger partial charge is 0.407 e. The maximum atomic E-state index is 13.5. The van der Waals surface area contributed by atoms with Gasteiger partial charge in [0.2, 0.25) is 27.7 Å². The summed E-state index contributed by atoms with van der Waals surface area (Å²) in [7, 11) is -3.93. The van der Waals surface area contributed by atoms with Crippen LogP contribution in [0.4, 0.5) is 16.2 Å². The average Bonchev–Trinajstić information content (AvgIpc) is 3.44. The van der Waals surface area contributed by atoms with Gasteiger partial charge >= 0.3 is 6.09 Å². The van der Waals surface area contributed by atoms with E-state index < -0.39 is 52.0 Å². The molecule has 2 heterocycles. The van der Waals surface area contributed by atoms with E-state index in [9.17, 15) is 27.6 Å². The molecule has 12 nitrogen and oxygen atoms in total. The number of fused-ring (bicyclic) bond motifs is 1. The minimum Gasteiger partial charge on any atom is -0.444 e. The first-order chi connectivity index (χ1) is 19.8. The van der Waals surface area contributed by atoms with E-state index in [1.54, 1.807) is 49.9 Å². The van der Waals surface area contributed by atoms with E-state index in [0.29, 0.717) is 37.3 Å². The molecule has 1 fully saturated rings. The standard InChI is InChI=1S/C29H45N5O7S/c1-5-6-11-19-42(39,40)34-23-15-8-7-13-21(23)32-26(36)24(34)20-25(35)31-22(27(37)33-17-9-10-18-33)14-12-16-30-28(38)41-29(2,3)4/h7-8,13,15,22,24H,5-6,9-12,14,16-20H2,1-4H3,(H,30,38)(H,31,35)(H,32,36)/t22-,24+/m1/s1. The third-order valence-corrected chi connectivity index (χ3v) is 8.91. The molecule has 0 spiro atoms. The van der Waals surface area contributed by atoms with Crippen LogP contribution in [-0.2, 0) is 29.1 Å². The highest BCUT2D eigenvalue weighted by Crippen LogP contribution is 2.35. The van der Waals surface area contributed by atoms with Crippen molar-refractivity contribution in [1.29, 1.82) is 0 Å². The fourth-order valence-corrected chi connectivity index (χ4v) is 6.85. The summed E-state index contributed by atoms with van der Waals surface area (Å²) in [6, 6.07) is 4.41. The first kappa shape index (κ1) is 33.2. The van der Waals surface area contributed by atoms with Crippen LogP contribution in [0.5, 0.6) is 0 Å². The molecule has 0 unspecified atom stereocenters. The zero-order valence-electron chi connectivity index (χ0n) is 25.1. The summed E-state index contributed by atoms with van der Waals surface area (Å²) in [5.74, 6) is -1.60. The largest absolute Gasteiger partial charge is 0.444 e. The number of hydrogen-bond acceptors (Lipinski definition) is 7. The number of sulfonamides is 1. The van der Waals surface area contributed by atoms with Crippen LogP contribution in [0.3, 0.4) is 0 Å². The molecular weight excluding hydrogens is 562 g/mol. The molecule has 0 aromatic heterocycles. The fraction of sp³-hybridized carbons (Fsp3) is 0.655. The minimum atomic E-state index is -3.93. The number of likely N-dealkylation sites (tertiary alicyclic amines) is 1. The summed E-state index contributed by atoms with van der Waals surface area (Å²) in [5, 5.41) is 8.14. The lowest BCUT2D eigenvalue weighted by Crippen LogP contribution is -2.55. The number of ether oxygens (including phenoxy) is 1. The summed E-state index contributed by atoms with van der Waals surface area (Å²) in [4.78, 5) is 53.5. The van der Waals surface area contributed by atoms with Gasteiger partial charge in [-0.15, -0.1) is 0 Å². The van der Waals surface area contributed by atoms with E-state index in [1.807, 2.05) is 6.92 Å². The van der Waals surface area contributed by atoms with Crippen LogP contribution in [-0.4, -0.2) is 80.2 Å². The van der Waals surface area contributed by atoms with Gasteiger partial charge in [-0.2, -0.15) is 0 Å². The van der Waals surface area contributed by atoms with Crippen LogP contribution in [0.25, 0.3) is 0 Å². The first-order valence-corrected chi connectivity index (χ1v) is 16.4. The Kier molecular flexibility index (Phi) is 11.6. The van der Waals surface area contributed by atoms with Gasteiger partial charge in [-0.05, 0) is 65.0 Å². The Morgan fingerprint density at radius 2 is 1.79 bits per heavy atom. The number of nitrogens with one attached hydrogen (secondary N) is 3. The molecule has 0 saturated carbocycles. The number of alkyl carbamates (subject to hydrolysis) is 1. The first-order valence-electron chi connectivity index (χ1n) is 14.8. The number of rotatable bonds is 13. The highest BCUT2D eigenvalue weighted by atomic mass is 32.2. The highest BCUT2D eigenvalue weighted by molar-refractivity contribution is 7.92. The SMILES string of the molecule is CCCCCS(=O)(=O)N1c2ccccc2NC(=O)[C@@H]1CC(=O)N[C@H](CCCNC(=O)OC(C)(C)C)C(=O)N1CCCC1. The topological polar surface area (TPSA) is 154 Å². The van der Waals surface area contributed by atoms with Crippen molar-refractivity contribution in [3.05, 3.63) is 24.3 Å². The Morgan fingerprint density at radius 1 is 1.10 bits per heavy atom. The summed E-state index contributed by atoms with van der Waals surface area (Å²) >= 11 is 0. The number of carbonyl (C=O) groups is 4. The molecule has 3 rings (SSSR count). The number of hydrogen-bond donors (Lipinski definition) is 3. The minimum absolute atomic E-state index is 0.151. The molecule has 4 amide bonds. The van der Waals surface area contributed by atoms with Crippen molar-refractivity contribution in [1.82, 2.24) is 15.5 Å². The molecule has 3 N–H and O–H groups in total. The summed E-state index contributed by atoms with van der Waals surface area (Å²) in [6.07, 6.45) is 3.34. The molecular formula is C29H45N5O7S. The number of nitrogens with zero attached hydrogens (tertiary/aromatic N) is 2. The molecule has 0 aliphatic carbocycles. The van der Waals surface area contributed by atoms with Gasteiger partial charge in [0.15, 0.2) is 0 Å². The predicted octanol–water partition coefficient (Wildman–Crippen LogP) is 3.14. The Hall–Kier alpha value is -3.35. The van der Waals surface area contributed by atoms with Gasteiger partial charge in [0.1, 0.15) is 17.7 Å². The quantitative estimate of drug-likeness (QED) is 0.291. The zero-order chi connectivity index (χ0) is 30.9. The number of amides is 4. The number of para-hydroxylation sites is 2. The number of carbonyl (C=O) groups excluding carboxylic acids is 4. The van der Waals surface area contributed by atoms with Crippen LogP contribution in [0.2, 0.25) is 0 Å². The second kappa shape index (κ2) is 14.7. The van der Waals surface area contributed by atoms with Crippen molar-refractivity contribution in [3.63, 3.8) is 0 Å². The van der Waals surface area contributed by atoms with Crippen LogP contribution in [0, 0.1) is 0 Å². The molecule has 2 aliphatic rings. The Labute approximate surface area is 249 Å². The molecule has 0 bridgehead atoms. The fourth-order valence-electron chi connectivity index (χ4n) is 5.07. The Morgan fingerprint density at radius 3 is 2.45 bits per heavy atom. The van der Waals surface area contributed by atoms with Crippen molar-refractivity contribution in [2.45, 2.75) is 96.7 Å². The van der Waals surface area contributed by atoms with Crippen molar-refractivity contribution in [2.75, 3.05) is 35.0 Å². The van der Waals surface area contributed by atoms with E-state index in [1.165, 1.54) is 0 Å². The van der Waals surface area contributed by atoms with Gasteiger partial charge in [-0.25, -0.2) is 13.2 Å². The van der Waals surface area contributed by atoms with Gasteiger partial charge in [0.05, 0.1) is 23.5 Å². The lowest BCUT2D eigenvalue weighted by atomic mass is 10.1. The monoisotopic (exact) mass is 607 g/mol. The predicted molar refractivity (Wildman–Crippen MR) is 160 cm³/mol. The van der Waals surface area contributed by atoms with Gasteiger partial charge in [0, 0.05) is 19.6 Å². The zero-order valence-corrected chi connectivity index (χ0v) is 25.9. The van der Waals surface area contributed by atoms with Crippen LogP contribution >= 0.6 is 0 Å². The van der Waals surface area contributed by atoms with Gasteiger partial charge in [0.25, 0.3) is 0 Å². The summed E-state index contributed by atoms with van der Waals surface area (Å²) in [5.41, 5.74) is 0.0254. The molecule has 234 valence electrons. The van der Waals surface area contributed by atoms with E-state index >= 15 is 0 Å². The van der Waals surface area contributed by atoms with Crippen molar-refractivity contribution in [3.8, 4) is 0 Å². The summed E-state index contributed by atoms with van der Waals surface area (Å²) in [6.45, 7) is 8.66. The normalized spacial score (nSPS) is 17.7. The van der Waals surface area contributed by atoms with Crippen LogP contribution in [0.1, 0.15) is 79.1 Å². The molecule has 0 radical (unpaired) electrons. The Bertz CT molecular complexity index is 1220. The van der Waals surface area contributed by atoms with Gasteiger partial charge in [-0.1, -0.05) is 31.9 Å².